The van der Waals surface area contributed by atoms with Gasteiger partial charge in [-0.15, -0.1) is 0 Å². The zero-order valence-corrected chi connectivity index (χ0v) is 11.6. The van der Waals surface area contributed by atoms with Crippen molar-refractivity contribution in [3.05, 3.63) is 69.5 Å². The third-order valence-corrected chi connectivity index (χ3v) is 3.43. The molecule has 1 atom stereocenters. The average molecular weight is 308 g/mol. The van der Waals surface area contributed by atoms with Crippen molar-refractivity contribution in [3.63, 3.8) is 0 Å². The van der Waals surface area contributed by atoms with E-state index in [-0.39, 0.29) is 15.6 Å². The van der Waals surface area contributed by atoms with Crippen LogP contribution in [0.15, 0.2) is 42.5 Å². The first-order chi connectivity index (χ1) is 9.54. The van der Waals surface area contributed by atoms with Crippen LogP contribution in [0.4, 0.5) is 4.39 Å². The van der Waals surface area contributed by atoms with Crippen LogP contribution in [0.3, 0.4) is 0 Å². The Morgan fingerprint density at radius 1 is 1.10 bits per heavy atom. The Balaban J connectivity index is 2.45. The zero-order chi connectivity index (χ0) is 14.7. The molecule has 0 fully saturated rings. The number of halogens is 3. The van der Waals surface area contributed by atoms with Gasteiger partial charge in [-0.05, 0) is 29.8 Å². The SMILES string of the molecule is N#CC(C(=O)c1c(Cl)cccc1Cl)c1ccc(F)cc1. The fraction of sp³-hybridized carbons (Fsp3) is 0.0667. The summed E-state index contributed by atoms with van der Waals surface area (Å²) >= 11 is 11.9. The highest BCUT2D eigenvalue weighted by atomic mass is 35.5. The van der Waals surface area contributed by atoms with E-state index >= 15 is 0 Å². The second-order valence-corrected chi connectivity index (χ2v) is 4.89. The molecule has 0 saturated carbocycles. The molecular weight excluding hydrogens is 300 g/mol. The van der Waals surface area contributed by atoms with Gasteiger partial charge in [0.05, 0.1) is 21.7 Å². The topological polar surface area (TPSA) is 40.9 Å². The number of nitrogens with zero attached hydrogens (tertiary/aromatic N) is 1. The zero-order valence-electron chi connectivity index (χ0n) is 10.1. The summed E-state index contributed by atoms with van der Waals surface area (Å²) in [5.41, 5.74) is 0.501. The molecule has 2 nitrogen and oxygen atoms in total. The van der Waals surface area contributed by atoms with Crippen LogP contribution in [0.25, 0.3) is 0 Å². The maximum Gasteiger partial charge on any atom is 0.187 e. The van der Waals surface area contributed by atoms with Crippen LogP contribution in [-0.4, -0.2) is 5.78 Å². The van der Waals surface area contributed by atoms with E-state index in [1.807, 2.05) is 6.07 Å². The Morgan fingerprint density at radius 3 is 2.15 bits per heavy atom. The highest BCUT2D eigenvalue weighted by Gasteiger charge is 2.25. The van der Waals surface area contributed by atoms with Crippen molar-refractivity contribution in [3.8, 4) is 6.07 Å². The molecule has 0 saturated heterocycles. The van der Waals surface area contributed by atoms with Gasteiger partial charge in [-0.2, -0.15) is 5.26 Å². The van der Waals surface area contributed by atoms with Gasteiger partial charge in [0.1, 0.15) is 11.7 Å². The molecule has 20 heavy (non-hydrogen) atoms. The van der Waals surface area contributed by atoms with Crippen molar-refractivity contribution in [2.45, 2.75) is 5.92 Å². The Labute approximate surface area is 125 Å². The minimum Gasteiger partial charge on any atom is -0.292 e. The summed E-state index contributed by atoms with van der Waals surface area (Å²) in [5, 5.41) is 9.58. The van der Waals surface area contributed by atoms with Crippen LogP contribution < -0.4 is 0 Å². The van der Waals surface area contributed by atoms with Gasteiger partial charge in [-0.3, -0.25) is 4.79 Å². The van der Waals surface area contributed by atoms with E-state index in [4.69, 9.17) is 23.2 Å². The molecule has 0 aliphatic heterocycles. The van der Waals surface area contributed by atoms with Crippen molar-refractivity contribution < 1.29 is 9.18 Å². The number of benzene rings is 2. The molecule has 2 aromatic carbocycles. The van der Waals surface area contributed by atoms with Gasteiger partial charge in [0, 0.05) is 0 Å². The Kier molecular flexibility index (Phi) is 4.39. The lowest BCUT2D eigenvalue weighted by Crippen LogP contribution is -2.12. The van der Waals surface area contributed by atoms with Crippen LogP contribution in [0.5, 0.6) is 0 Å². The van der Waals surface area contributed by atoms with E-state index in [9.17, 15) is 14.4 Å². The van der Waals surface area contributed by atoms with Crippen molar-refractivity contribution >= 4 is 29.0 Å². The van der Waals surface area contributed by atoms with Crippen molar-refractivity contribution in [2.75, 3.05) is 0 Å². The first-order valence-corrected chi connectivity index (χ1v) is 6.43. The fourth-order valence-corrected chi connectivity index (χ4v) is 2.40. The molecule has 0 amide bonds. The number of rotatable bonds is 3. The molecule has 2 rings (SSSR count). The Bertz CT molecular complexity index is 672. The van der Waals surface area contributed by atoms with Gasteiger partial charge in [-0.1, -0.05) is 41.4 Å². The third kappa shape index (κ3) is 2.82. The summed E-state index contributed by atoms with van der Waals surface area (Å²) in [6.07, 6.45) is 0. The predicted molar refractivity (Wildman–Crippen MR) is 75.5 cm³/mol. The van der Waals surface area contributed by atoms with Crippen molar-refractivity contribution in [1.82, 2.24) is 0 Å². The lowest BCUT2D eigenvalue weighted by molar-refractivity contribution is 0.0979. The highest BCUT2D eigenvalue weighted by molar-refractivity contribution is 6.40. The molecule has 0 N–H and O–H groups in total. The molecule has 5 heteroatoms. The largest absolute Gasteiger partial charge is 0.292 e. The third-order valence-electron chi connectivity index (χ3n) is 2.80. The van der Waals surface area contributed by atoms with Gasteiger partial charge >= 0.3 is 0 Å². The lowest BCUT2D eigenvalue weighted by Gasteiger charge is -2.11. The van der Waals surface area contributed by atoms with Gasteiger partial charge in [-0.25, -0.2) is 4.39 Å². The number of ketones is 1. The van der Waals surface area contributed by atoms with E-state index in [2.05, 4.69) is 0 Å². The number of nitriles is 1. The molecule has 0 aliphatic rings. The Morgan fingerprint density at radius 2 is 1.65 bits per heavy atom. The van der Waals surface area contributed by atoms with E-state index in [0.717, 1.165) is 0 Å². The van der Waals surface area contributed by atoms with Gasteiger partial charge in [0.2, 0.25) is 0 Å². The standard InChI is InChI=1S/C15H8Cl2FNO/c16-12-2-1-3-13(17)14(12)15(20)11(8-19)9-4-6-10(18)7-5-9/h1-7,11H. The summed E-state index contributed by atoms with van der Waals surface area (Å²) in [6.45, 7) is 0. The lowest BCUT2D eigenvalue weighted by atomic mass is 9.92. The molecule has 2 aromatic rings. The predicted octanol–water partition coefficient (Wildman–Crippen LogP) is 4.62. The van der Waals surface area contributed by atoms with Gasteiger partial charge in [0.15, 0.2) is 5.78 Å². The van der Waals surface area contributed by atoms with Crippen molar-refractivity contribution in [2.24, 2.45) is 0 Å². The number of hydrogen-bond donors (Lipinski definition) is 0. The average Bonchev–Trinajstić information content (AvgIpc) is 2.41. The molecule has 0 aliphatic carbocycles. The number of carbonyl (C=O) groups is 1. The minimum absolute atomic E-state index is 0.103. The van der Waals surface area contributed by atoms with Crippen LogP contribution in [0.2, 0.25) is 10.0 Å². The van der Waals surface area contributed by atoms with Crippen LogP contribution >= 0.6 is 23.2 Å². The quantitative estimate of drug-likeness (QED) is 0.776. The van der Waals surface area contributed by atoms with Crippen LogP contribution in [0, 0.1) is 17.1 Å². The van der Waals surface area contributed by atoms with E-state index in [0.29, 0.717) is 5.56 Å². The van der Waals surface area contributed by atoms with E-state index in [1.165, 1.54) is 36.4 Å². The molecular formula is C15H8Cl2FNO. The highest BCUT2D eigenvalue weighted by Crippen LogP contribution is 2.30. The summed E-state index contributed by atoms with van der Waals surface area (Å²) in [7, 11) is 0. The summed E-state index contributed by atoms with van der Waals surface area (Å²) in [4.78, 5) is 12.4. The van der Waals surface area contributed by atoms with E-state index < -0.39 is 17.5 Å². The maximum absolute atomic E-state index is 12.9. The molecule has 0 aromatic heterocycles. The van der Waals surface area contributed by atoms with Gasteiger partial charge < -0.3 is 0 Å². The van der Waals surface area contributed by atoms with Crippen molar-refractivity contribution in [1.29, 1.82) is 5.26 Å². The number of carbonyl (C=O) groups excluding carboxylic acids is 1. The molecule has 0 spiro atoms. The molecule has 1 unspecified atom stereocenters. The fourth-order valence-electron chi connectivity index (χ4n) is 1.82. The van der Waals surface area contributed by atoms with Crippen LogP contribution in [0.1, 0.15) is 21.8 Å². The normalized spacial score (nSPS) is 11.7. The molecule has 100 valence electrons. The molecule has 0 heterocycles. The maximum atomic E-state index is 12.9. The molecule has 0 bridgehead atoms. The first kappa shape index (κ1) is 14.5. The first-order valence-electron chi connectivity index (χ1n) is 5.68. The smallest absolute Gasteiger partial charge is 0.187 e. The summed E-state index contributed by atoms with van der Waals surface area (Å²) in [6, 6.07) is 11.7. The number of Topliss-reactive ketones (excluding diaryl/α,β-unsaturated/α-hetero) is 1. The second-order valence-electron chi connectivity index (χ2n) is 4.07. The summed E-state index contributed by atoms with van der Waals surface area (Å²) < 4.78 is 12.9. The molecule has 0 radical (unpaired) electrons. The minimum atomic E-state index is -1.08. The second kappa shape index (κ2) is 6.04. The van der Waals surface area contributed by atoms with E-state index in [1.54, 1.807) is 6.07 Å². The monoisotopic (exact) mass is 307 g/mol. The Hall–Kier alpha value is -1.89. The summed E-state index contributed by atoms with van der Waals surface area (Å²) in [5.74, 6) is -2.02. The number of hydrogen-bond acceptors (Lipinski definition) is 2. The van der Waals surface area contributed by atoms with Gasteiger partial charge in [0.25, 0.3) is 0 Å². The van der Waals surface area contributed by atoms with Crippen LogP contribution in [-0.2, 0) is 0 Å².